The number of rotatable bonds is 10. The molecule has 4 atom stereocenters. The van der Waals surface area contributed by atoms with Crippen molar-refractivity contribution in [3.8, 4) is 0 Å². The maximum Gasteiger partial charge on any atom is 0.338 e. The predicted octanol–water partition coefficient (Wildman–Crippen LogP) is 4.61. The summed E-state index contributed by atoms with van der Waals surface area (Å²) in [6, 6.07) is 25.4. The maximum atomic E-state index is 12.9. The van der Waals surface area contributed by atoms with Crippen molar-refractivity contribution >= 4 is 17.9 Å². The summed E-state index contributed by atoms with van der Waals surface area (Å²) in [7, 11) is 0. The number of ether oxygens (including phenoxy) is 5. The van der Waals surface area contributed by atoms with E-state index in [1.54, 1.807) is 91.0 Å². The Morgan fingerprint density at radius 2 is 1.26 bits per heavy atom. The molecule has 0 N–H and O–H groups in total. The zero-order valence-electron chi connectivity index (χ0n) is 20.6. The van der Waals surface area contributed by atoms with Crippen LogP contribution in [0.15, 0.2) is 104 Å². The molecule has 0 spiro atoms. The van der Waals surface area contributed by atoms with E-state index in [-0.39, 0.29) is 19.6 Å². The second kappa shape index (κ2) is 13.3. The summed E-state index contributed by atoms with van der Waals surface area (Å²) in [5.41, 5.74) is 1.05. The minimum Gasteiger partial charge on any atom is -0.459 e. The Balaban J connectivity index is 1.54. The molecule has 0 aromatic heterocycles. The standard InChI is InChI=1S/C30H28O8/c1-2-18-34-30-26(38-29(33)23-16-10-5-11-17-23)25(37-28(32)22-14-8-4-9-15-22)19-24(36-30)20-35-27(31)21-12-6-3-7-13-21/h2-17,24-26,30H,1,18-20H2/t24-,25-,26+,30-/m0/s1. The minimum absolute atomic E-state index is 0.0833. The predicted molar refractivity (Wildman–Crippen MR) is 137 cm³/mol. The van der Waals surface area contributed by atoms with Gasteiger partial charge in [-0.15, -0.1) is 6.58 Å². The Bertz CT molecular complexity index is 1210. The highest BCUT2D eigenvalue weighted by atomic mass is 16.7. The van der Waals surface area contributed by atoms with E-state index in [0.29, 0.717) is 16.7 Å². The Morgan fingerprint density at radius 3 is 1.79 bits per heavy atom. The second-order valence-corrected chi connectivity index (χ2v) is 8.49. The molecule has 3 aromatic rings. The van der Waals surface area contributed by atoms with Crippen LogP contribution in [0.5, 0.6) is 0 Å². The first-order valence-corrected chi connectivity index (χ1v) is 12.2. The van der Waals surface area contributed by atoms with Crippen molar-refractivity contribution in [2.24, 2.45) is 0 Å². The number of hydrogen-bond acceptors (Lipinski definition) is 8. The van der Waals surface area contributed by atoms with Crippen molar-refractivity contribution in [2.75, 3.05) is 13.2 Å². The van der Waals surface area contributed by atoms with Crippen molar-refractivity contribution in [1.82, 2.24) is 0 Å². The van der Waals surface area contributed by atoms with Crippen LogP contribution in [0.3, 0.4) is 0 Å². The smallest absolute Gasteiger partial charge is 0.338 e. The van der Waals surface area contributed by atoms with Crippen LogP contribution in [-0.4, -0.2) is 55.7 Å². The van der Waals surface area contributed by atoms with Gasteiger partial charge < -0.3 is 23.7 Å². The summed E-state index contributed by atoms with van der Waals surface area (Å²) < 4.78 is 28.8. The van der Waals surface area contributed by atoms with Crippen molar-refractivity contribution in [3.63, 3.8) is 0 Å². The molecule has 0 unspecified atom stereocenters. The topological polar surface area (TPSA) is 97.4 Å². The molecule has 1 aliphatic heterocycles. The summed E-state index contributed by atoms with van der Waals surface area (Å²) in [5.74, 6) is -1.74. The molecule has 196 valence electrons. The third-order valence-electron chi connectivity index (χ3n) is 5.77. The zero-order valence-corrected chi connectivity index (χ0v) is 20.6. The van der Waals surface area contributed by atoms with Gasteiger partial charge in [0.2, 0.25) is 0 Å². The van der Waals surface area contributed by atoms with Crippen LogP contribution in [-0.2, 0) is 23.7 Å². The van der Waals surface area contributed by atoms with Gasteiger partial charge in [-0.1, -0.05) is 60.7 Å². The molecule has 38 heavy (non-hydrogen) atoms. The van der Waals surface area contributed by atoms with Gasteiger partial charge in [0.15, 0.2) is 12.4 Å². The molecule has 0 amide bonds. The molecule has 0 bridgehead atoms. The first kappa shape index (κ1) is 26.8. The fourth-order valence-electron chi connectivity index (χ4n) is 3.91. The van der Waals surface area contributed by atoms with Gasteiger partial charge >= 0.3 is 17.9 Å². The van der Waals surface area contributed by atoms with E-state index in [0.717, 1.165) is 0 Å². The normalized spacial score (nSPS) is 20.6. The molecule has 0 aliphatic carbocycles. The van der Waals surface area contributed by atoms with Gasteiger partial charge in [-0.3, -0.25) is 0 Å². The summed E-state index contributed by atoms with van der Waals surface area (Å²) in [6.45, 7) is 3.61. The van der Waals surface area contributed by atoms with E-state index < -0.39 is 42.5 Å². The summed E-state index contributed by atoms with van der Waals surface area (Å²) in [6.07, 6.45) is -2.22. The van der Waals surface area contributed by atoms with Crippen LogP contribution in [0.4, 0.5) is 0 Å². The van der Waals surface area contributed by atoms with Gasteiger partial charge in [0.05, 0.1) is 29.4 Å². The lowest BCUT2D eigenvalue weighted by Gasteiger charge is -2.40. The van der Waals surface area contributed by atoms with Crippen LogP contribution in [0, 0.1) is 0 Å². The van der Waals surface area contributed by atoms with E-state index in [4.69, 9.17) is 23.7 Å². The Morgan fingerprint density at radius 1 is 0.763 bits per heavy atom. The van der Waals surface area contributed by atoms with Gasteiger partial charge in [-0.25, -0.2) is 14.4 Å². The molecule has 1 aliphatic rings. The zero-order chi connectivity index (χ0) is 26.7. The van der Waals surface area contributed by atoms with Crippen molar-refractivity contribution in [1.29, 1.82) is 0 Å². The lowest BCUT2D eigenvalue weighted by atomic mass is 10.0. The largest absolute Gasteiger partial charge is 0.459 e. The Hall–Kier alpha value is -4.27. The summed E-state index contributed by atoms with van der Waals surface area (Å²) in [4.78, 5) is 38.3. The third-order valence-corrected chi connectivity index (χ3v) is 5.77. The third kappa shape index (κ3) is 7.15. The maximum absolute atomic E-state index is 12.9. The summed E-state index contributed by atoms with van der Waals surface area (Å²) >= 11 is 0. The second-order valence-electron chi connectivity index (χ2n) is 8.49. The van der Waals surface area contributed by atoms with E-state index in [2.05, 4.69) is 6.58 Å². The molecule has 8 nitrogen and oxygen atoms in total. The molecule has 1 heterocycles. The van der Waals surface area contributed by atoms with Crippen molar-refractivity contribution < 1.29 is 38.1 Å². The average molecular weight is 517 g/mol. The Labute approximate surface area is 220 Å². The van der Waals surface area contributed by atoms with Gasteiger partial charge in [-0.05, 0) is 36.4 Å². The minimum atomic E-state index is -1.11. The van der Waals surface area contributed by atoms with Crippen LogP contribution in [0.25, 0.3) is 0 Å². The van der Waals surface area contributed by atoms with Gasteiger partial charge in [0.25, 0.3) is 0 Å². The fraction of sp³-hybridized carbons (Fsp3) is 0.233. The van der Waals surface area contributed by atoms with Crippen LogP contribution < -0.4 is 0 Å². The number of carbonyl (C=O) groups excluding carboxylic acids is 3. The highest BCUT2D eigenvalue weighted by Gasteiger charge is 2.45. The van der Waals surface area contributed by atoms with E-state index in [1.807, 2.05) is 0 Å². The van der Waals surface area contributed by atoms with E-state index in [1.165, 1.54) is 6.08 Å². The molecule has 8 heteroatoms. The highest BCUT2D eigenvalue weighted by molar-refractivity contribution is 5.90. The average Bonchev–Trinajstić information content (AvgIpc) is 2.97. The first-order valence-electron chi connectivity index (χ1n) is 12.2. The SMILES string of the molecule is C=CCO[C@H]1O[C@H](COC(=O)c2ccccc2)C[C@H](OC(=O)c2ccccc2)[C@H]1OC(=O)c1ccccc1. The van der Waals surface area contributed by atoms with E-state index >= 15 is 0 Å². The van der Waals surface area contributed by atoms with Gasteiger partial charge in [-0.2, -0.15) is 0 Å². The number of carbonyl (C=O) groups is 3. The van der Waals surface area contributed by atoms with Crippen molar-refractivity contribution in [2.45, 2.75) is 31.0 Å². The molecule has 1 fully saturated rings. The Kier molecular flexibility index (Phi) is 9.39. The van der Waals surface area contributed by atoms with Crippen LogP contribution >= 0.6 is 0 Å². The molecular weight excluding hydrogens is 488 g/mol. The monoisotopic (exact) mass is 516 g/mol. The van der Waals surface area contributed by atoms with Gasteiger partial charge in [0.1, 0.15) is 12.7 Å². The van der Waals surface area contributed by atoms with Gasteiger partial charge in [0, 0.05) is 6.42 Å². The highest BCUT2D eigenvalue weighted by Crippen LogP contribution is 2.28. The lowest BCUT2D eigenvalue weighted by Crippen LogP contribution is -2.54. The number of esters is 3. The number of benzene rings is 3. The molecule has 1 saturated heterocycles. The lowest BCUT2D eigenvalue weighted by molar-refractivity contribution is -0.266. The quantitative estimate of drug-likeness (QED) is 0.219. The first-order chi connectivity index (χ1) is 18.5. The number of hydrogen-bond donors (Lipinski definition) is 0. The van der Waals surface area contributed by atoms with E-state index in [9.17, 15) is 14.4 Å². The molecule has 0 saturated carbocycles. The summed E-state index contributed by atoms with van der Waals surface area (Å²) in [5, 5.41) is 0. The van der Waals surface area contributed by atoms with Crippen molar-refractivity contribution in [3.05, 3.63) is 120 Å². The van der Waals surface area contributed by atoms with Crippen LogP contribution in [0.2, 0.25) is 0 Å². The van der Waals surface area contributed by atoms with Crippen LogP contribution in [0.1, 0.15) is 37.5 Å². The fourth-order valence-corrected chi connectivity index (χ4v) is 3.91. The molecule has 0 radical (unpaired) electrons. The molecule has 4 rings (SSSR count). The molecular formula is C30H28O8. The molecule has 3 aromatic carbocycles.